The number of aromatic nitrogens is 2. The molecule has 0 saturated heterocycles. The van der Waals surface area contributed by atoms with Crippen LogP contribution in [-0.4, -0.2) is 22.4 Å². The number of halogens is 1. The van der Waals surface area contributed by atoms with Crippen molar-refractivity contribution in [2.24, 2.45) is 5.73 Å². The second-order valence-corrected chi connectivity index (χ2v) is 4.28. The van der Waals surface area contributed by atoms with Crippen LogP contribution in [0.5, 0.6) is 0 Å². The van der Waals surface area contributed by atoms with Crippen LogP contribution < -0.4 is 11.1 Å². The largest absolute Gasteiger partial charge is 0.330 e. The zero-order valence-electron chi connectivity index (χ0n) is 10.1. The van der Waals surface area contributed by atoms with Crippen LogP contribution >= 0.6 is 11.6 Å². The summed E-state index contributed by atoms with van der Waals surface area (Å²) >= 11 is 5.72. The van der Waals surface area contributed by atoms with Crippen molar-refractivity contribution >= 4 is 23.5 Å². The summed E-state index contributed by atoms with van der Waals surface area (Å²) < 4.78 is 0. The lowest BCUT2D eigenvalue weighted by Gasteiger charge is -2.04. The number of rotatable bonds is 4. The minimum Gasteiger partial charge on any atom is -0.330 e. The Labute approximate surface area is 115 Å². The van der Waals surface area contributed by atoms with E-state index in [-0.39, 0.29) is 17.0 Å². The average Bonchev–Trinajstić information content (AvgIpc) is 2.40. The van der Waals surface area contributed by atoms with Gasteiger partial charge >= 0.3 is 0 Å². The number of nitrogens with one attached hydrogen (secondary N) is 1. The molecule has 1 heterocycles. The summed E-state index contributed by atoms with van der Waals surface area (Å²) in [5.74, 6) is -0.0925. The van der Waals surface area contributed by atoms with Gasteiger partial charge in [-0.1, -0.05) is 23.7 Å². The highest BCUT2D eigenvalue weighted by Gasteiger charge is 2.07. The van der Waals surface area contributed by atoms with Gasteiger partial charge in [0.25, 0.3) is 5.91 Å². The normalized spacial score (nSPS) is 10.2. The molecule has 0 radical (unpaired) electrons. The van der Waals surface area contributed by atoms with Gasteiger partial charge < -0.3 is 5.73 Å². The molecule has 3 N–H and O–H groups in total. The summed E-state index contributed by atoms with van der Waals surface area (Å²) in [6.07, 6.45) is 2.27. The molecule has 0 aliphatic heterocycles. The summed E-state index contributed by atoms with van der Waals surface area (Å²) in [4.78, 5) is 19.7. The number of carbonyl (C=O) groups is 1. The second-order valence-electron chi connectivity index (χ2n) is 3.89. The maximum Gasteiger partial charge on any atom is 0.258 e. The second kappa shape index (κ2) is 6.26. The van der Waals surface area contributed by atoms with Crippen molar-refractivity contribution in [3.8, 4) is 0 Å². The van der Waals surface area contributed by atoms with Gasteiger partial charge in [0.1, 0.15) is 5.15 Å². The first kappa shape index (κ1) is 13.5. The molecule has 0 bridgehead atoms. The zero-order chi connectivity index (χ0) is 13.7. The first-order valence-corrected chi connectivity index (χ1v) is 6.16. The number of carbonyl (C=O) groups excluding carboxylic acids is 1. The fourth-order valence-electron chi connectivity index (χ4n) is 1.56. The van der Waals surface area contributed by atoms with E-state index in [0.717, 1.165) is 12.0 Å². The van der Waals surface area contributed by atoms with Gasteiger partial charge in [-0.05, 0) is 36.7 Å². The lowest BCUT2D eigenvalue weighted by Crippen LogP contribution is -2.14. The Kier molecular flexibility index (Phi) is 4.43. The number of hydrogen-bond acceptors (Lipinski definition) is 4. The van der Waals surface area contributed by atoms with Crippen LogP contribution in [0, 0.1) is 0 Å². The van der Waals surface area contributed by atoms with E-state index in [1.807, 2.05) is 12.1 Å². The van der Waals surface area contributed by atoms with Crippen LogP contribution in [0.4, 0.5) is 5.95 Å². The van der Waals surface area contributed by atoms with E-state index >= 15 is 0 Å². The molecule has 6 heteroatoms. The molecule has 5 nitrogen and oxygen atoms in total. The van der Waals surface area contributed by atoms with E-state index in [2.05, 4.69) is 15.3 Å². The molecular weight excluding hydrogens is 264 g/mol. The van der Waals surface area contributed by atoms with Crippen LogP contribution in [0.25, 0.3) is 0 Å². The van der Waals surface area contributed by atoms with Gasteiger partial charge in [-0.2, -0.15) is 0 Å². The summed E-state index contributed by atoms with van der Waals surface area (Å²) in [7, 11) is 0. The molecule has 0 spiro atoms. The van der Waals surface area contributed by atoms with E-state index in [4.69, 9.17) is 17.3 Å². The molecule has 2 rings (SSSR count). The first-order chi connectivity index (χ1) is 9.19. The Morgan fingerprint density at radius 1 is 1.26 bits per heavy atom. The molecule has 0 fully saturated rings. The quantitative estimate of drug-likeness (QED) is 0.836. The third-order valence-corrected chi connectivity index (χ3v) is 2.71. The smallest absolute Gasteiger partial charge is 0.258 e. The number of hydrogen-bond donors (Lipinski definition) is 2. The Morgan fingerprint density at radius 3 is 2.63 bits per heavy atom. The van der Waals surface area contributed by atoms with Gasteiger partial charge in [0.05, 0.1) is 0 Å². The van der Waals surface area contributed by atoms with Crippen molar-refractivity contribution < 1.29 is 4.79 Å². The van der Waals surface area contributed by atoms with Crippen LogP contribution in [-0.2, 0) is 6.42 Å². The van der Waals surface area contributed by atoms with E-state index in [0.29, 0.717) is 12.1 Å². The Balaban J connectivity index is 2.07. The molecule has 19 heavy (non-hydrogen) atoms. The number of anilines is 1. The van der Waals surface area contributed by atoms with Gasteiger partial charge in [0.15, 0.2) is 0 Å². The lowest BCUT2D eigenvalue weighted by atomic mass is 10.1. The fraction of sp³-hybridized carbons (Fsp3) is 0.154. The highest BCUT2D eigenvalue weighted by atomic mass is 35.5. The third kappa shape index (κ3) is 3.74. The molecule has 0 unspecified atom stereocenters. The Bertz CT molecular complexity index is 571. The molecule has 0 aliphatic rings. The van der Waals surface area contributed by atoms with Crippen LogP contribution in [0.2, 0.25) is 5.15 Å². The zero-order valence-corrected chi connectivity index (χ0v) is 10.9. The van der Waals surface area contributed by atoms with Gasteiger partial charge in [0.2, 0.25) is 5.95 Å². The third-order valence-electron chi connectivity index (χ3n) is 2.50. The van der Waals surface area contributed by atoms with Crippen molar-refractivity contribution in [3.63, 3.8) is 0 Å². The minimum atomic E-state index is -0.276. The molecule has 0 saturated carbocycles. The molecular formula is C13H13ClN4O. The van der Waals surface area contributed by atoms with Gasteiger partial charge in [-0.15, -0.1) is 0 Å². The van der Waals surface area contributed by atoms with Crippen molar-refractivity contribution in [2.75, 3.05) is 11.9 Å². The maximum atomic E-state index is 11.9. The van der Waals surface area contributed by atoms with Crippen molar-refractivity contribution in [3.05, 3.63) is 52.8 Å². The van der Waals surface area contributed by atoms with Gasteiger partial charge in [-0.25, -0.2) is 9.97 Å². The number of nitrogens with two attached hydrogens (primary N) is 1. The van der Waals surface area contributed by atoms with Crippen molar-refractivity contribution in [1.29, 1.82) is 0 Å². The van der Waals surface area contributed by atoms with E-state index in [9.17, 15) is 4.79 Å². The highest BCUT2D eigenvalue weighted by Crippen LogP contribution is 2.09. The van der Waals surface area contributed by atoms with E-state index < -0.39 is 0 Å². The summed E-state index contributed by atoms with van der Waals surface area (Å²) in [5, 5.41) is 2.86. The van der Waals surface area contributed by atoms with Crippen molar-refractivity contribution in [1.82, 2.24) is 9.97 Å². The maximum absolute atomic E-state index is 11.9. The molecule has 98 valence electrons. The summed E-state index contributed by atoms with van der Waals surface area (Å²) in [6, 6.07) is 8.77. The predicted molar refractivity (Wildman–Crippen MR) is 74.2 cm³/mol. The Morgan fingerprint density at radius 2 is 2.00 bits per heavy atom. The van der Waals surface area contributed by atoms with Crippen molar-refractivity contribution in [2.45, 2.75) is 6.42 Å². The SMILES string of the molecule is NCCc1ccc(C(=O)Nc2nccc(Cl)n2)cc1. The molecule has 1 aromatic carbocycles. The molecule has 1 aromatic heterocycles. The fourth-order valence-corrected chi connectivity index (χ4v) is 1.70. The molecule has 2 aromatic rings. The van der Waals surface area contributed by atoms with Gasteiger partial charge in [0, 0.05) is 11.8 Å². The van der Waals surface area contributed by atoms with Crippen LogP contribution in [0.15, 0.2) is 36.5 Å². The summed E-state index contributed by atoms with van der Waals surface area (Å²) in [6.45, 7) is 0.585. The number of nitrogens with zero attached hydrogens (tertiary/aromatic N) is 2. The topological polar surface area (TPSA) is 80.9 Å². The monoisotopic (exact) mass is 276 g/mol. The Hall–Kier alpha value is -1.98. The number of amides is 1. The average molecular weight is 277 g/mol. The predicted octanol–water partition coefficient (Wildman–Crippen LogP) is 1.88. The molecule has 1 amide bonds. The first-order valence-electron chi connectivity index (χ1n) is 5.78. The van der Waals surface area contributed by atoms with Gasteiger partial charge in [-0.3, -0.25) is 10.1 Å². The molecule has 0 atom stereocenters. The molecule has 0 aliphatic carbocycles. The standard InChI is InChI=1S/C13H13ClN4O/c14-11-6-8-16-13(17-11)18-12(19)10-3-1-9(2-4-10)5-7-15/h1-4,6,8H,5,7,15H2,(H,16,17,18,19). The van der Waals surface area contributed by atoms with E-state index in [1.54, 1.807) is 18.2 Å². The number of benzene rings is 1. The van der Waals surface area contributed by atoms with Crippen LogP contribution in [0.3, 0.4) is 0 Å². The van der Waals surface area contributed by atoms with E-state index in [1.165, 1.54) is 6.20 Å². The lowest BCUT2D eigenvalue weighted by molar-refractivity contribution is 0.102. The summed E-state index contributed by atoms with van der Waals surface area (Å²) in [5.41, 5.74) is 7.09. The highest BCUT2D eigenvalue weighted by molar-refractivity contribution is 6.29. The van der Waals surface area contributed by atoms with Crippen LogP contribution in [0.1, 0.15) is 15.9 Å². The minimum absolute atomic E-state index is 0.184.